The standard InChI is InChI=1S/C10H17N3O4S2/c1-8-12-9(7-18-8)3-5-11-19(16,17)13(2)6-4-10(14)15/h7,11H,3-6H2,1-2H3,(H,14,15). The molecular weight excluding hydrogens is 290 g/mol. The lowest BCUT2D eigenvalue weighted by Gasteiger charge is -2.16. The van der Waals surface area contributed by atoms with E-state index in [0.29, 0.717) is 6.42 Å². The molecule has 0 bridgehead atoms. The molecule has 2 N–H and O–H groups in total. The maximum Gasteiger partial charge on any atom is 0.304 e. The summed E-state index contributed by atoms with van der Waals surface area (Å²) in [6, 6.07) is 0. The van der Waals surface area contributed by atoms with E-state index in [1.807, 2.05) is 12.3 Å². The number of carbonyl (C=O) groups is 1. The lowest BCUT2D eigenvalue weighted by molar-refractivity contribution is -0.137. The van der Waals surface area contributed by atoms with Crippen LogP contribution in [-0.2, 0) is 21.4 Å². The Hall–Kier alpha value is -1.03. The zero-order chi connectivity index (χ0) is 14.5. The topological polar surface area (TPSA) is 99.6 Å². The van der Waals surface area contributed by atoms with E-state index in [4.69, 9.17) is 5.11 Å². The van der Waals surface area contributed by atoms with Crippen LogP contribution in [0.5, 0.6) is 0 Å². The molecule has 0 aliphatic carbocycles. The fourth-order valence-electron chi connectivity index (χ4n) is 1.31. The highest BCUT2D eigenvalue weighted by Gasteiger charge is 2.17. The van der Waals surface area contributed by atoms with Gasteiger partial charge in [0.2, 0.25) is 0 Å². The number of aryl methyl sites for hydroxylation is 1. The van der Waals surface area contributed by atoms with Crippen molar-refractivity contribution in [3.63, 3.8) is 0 Å². The van der Waals surface area contributed by atoms with Crippen molar-refractivity contribution in [2.45, 2.75) is 19.8 Å². The molecular formula is C10H17N3O4S2. The van der Waals surface area contributed by atoms with Crippen LogP contribution in [0.3, 0.4) is 0 Å². The molecule has 1 aromatic rings. The summed E-state index contributed by atoms with van der Waals surface area (Å²) in [5, 5.41) is 11.3. The largest absolute Gasteiger partial charge is 0.481 e. The zero-order valence-electron chi connectivity index (χ0n) is 10.8. The Balaban J connectivity index is 2.39. The highest BCUT2D eigenvalue weighted by molar-refractivity contribution is 7.87. The van der Waals surface area contributed by atoms with E-state index in [1.165, 1.54) is 18.4 Å². The van der Waals surface area contributed by atoms with Gasteiger partial charge in [-0.15, -0.1) is 11.3 Å². The van der Waals surface area contributed by atoms with E-state index < -0.39 is 16.2 Å². The van der Waals surface area contributed by atoms with Gasteiger partial charge < -0.3 is 5.11 Å². The Labute approximate surface area is 116 Å². The van der Waals surface area contributed by atoms with Gasteiger partial charge in [0.1, 0.15) is 0 Å². The Bertz CT molecular complexity index is 527. The van der Waals surface area contributed by atoms with Gasteiger partial charge >= 0.3 is 5.97 Å². The van der Waals surface area contributed by atoms with Crippen molar-refractivity contribution in [2.75, 3.05) is 20.1 Å². The van der Waals surface area contributed by atoms with Gasteiger partial charge in [-0.05, 0) is 6.92 Å². The third kappa shape index (κ3) is 5.64. The van der Waals surface area contributed by atoms with Crippen LogP contribution in [0, 0.1) is 6.92 Å². The first-order valence-electron chi connectivity index (χ1n) is 5.65. The Morgan fingerprint density at radius 2 is 2.26 bits per heavy atom. The molecule has 1 heterocycles. The SMILES string of the molecule is Cc1nc(CCNS(=O)(=O)N(C)CCC(=O)O)cs1. The smallest absolute Gasteiger partial charge is 0.304 e. The van der Waals surface area contributed by atoms with Gasteiger partial charge in [0.05, 0.1) is 17.1 Å². The van der Waals surface area contributed by atoms with Crippen LogP contribution in [0.25, 0.3) is 0 Å². The van der Waals surface area contributed by atoms with Crippen molar-refractivity contribution in [1.82, 2.24) is 14.0 Å². The molecule has 9 heteroatoms. The van der Waals surface area contributed by atoms with E-state index in [1.54, 1.807) is 0 Å². The molecule has 1 aromatic heterocycles. The Morgan fingerprint density at radius 1 is 1.58 bits per heavy atom. The van der Waals surface area contributed by atoms with Gasteiger partial charge in [-0.2, -0.15) is 12.7 Å². The summed E-state index contributed by atoms with van der Waals surface area (Å²) in [7, 11) is -2.28. The molecule has 7 nitrogen and oxygen atoms in total. The first kappa shape index (κ1) is 16.0. The van der Waals surface area contributed by atoms with Crippen LogP contribution in [0.15, 0.2) is 5.38 Å². The highest BCUT2D eigenvalue weighted by Crippen LogP contribution is 2.08. The van der Waals surface area contributed by atoms with Crippen LogP contribution >= 0.6 is 11.3 Å². The maximum atomic E-state index is 11.7. The summed E-state index contributed by atoms with van der Waals surface area (Å²) in [6.45, 7) is 2.07. The second-order valence-electron chi connectivity index (χ2n) is 3.97. The van der Waals surface area contributed by atoms with Gasteiger partial charge in [0, 0.05) is 31.9 Å². The first-order valence-corrected chi connectivity index (χ1v) is 7.97. The molecule has 0 spiro atoms. The fourth-order valence-corrected chi connectivity index (χ4v) is 2.87. The zero-order valence-corrected chi connectivity index (χ0v) is 12.4. The van der Waals surface area contributed by atoms with Crippen LogP contribution in [-0.4, -0.2) is 48.9 Å². The number of nitrogens with one attached hydrogen (secondary N) is 1. The summed E-state index contributed by atoms with van der Waals surface area (Å²) >= 11 is 1.52. The molecule has 0 aromatic carbocycles. The molecule has 1 rings (SSSR count). The van der Waals surface area contributed by atoms with Crippen molar-refractivity contribution < 1.29 is 18.3 Å². The van der Waals surface area contributed by atoms with E-state index in [2.05, 4.69) is 9.71 Å². The summed E-state index contributed by atoms with van der Waals surface area (Å²) < 4.78 is 26.9. The second-order valence-corrected chi connectivity index (χ2v) is 6.90. The number of thiazole rings is 1. The van der Waals surface area contributed by atoms with Crippen molar-refractivity contribution in [1.29, 1.82) is 0 Å². The van der Waals surface area contributed by atoms with Crippen molar-refractivity contribution in [2.24, 2.45) is 0 Å². The molecule has 0 atom stereocenters. The molecule has 108 valence electrons. The Morgan fingerprint density at radius 3 is 2.79 bits per heavy atom. The van der Waals surface area contributed by atoms with E-state index in [-0.39, 0.29) is 19.5 Å². The third-order valence-corrected chi connectivity index (χ3v) is 4.78. The lowest BCUT2D eigenvalue weighted by Crippen LogP contribution is -2.40. The lowest BCUT2D eigenvalue weighted by atomic mass is 10.3. The molecule has 0 radical (unpaired) electrons. The number of carboxylic acid groups (broad SMARTS) is 1. The van der Waals surface area contributed by atoms with Crippen LogP contribution < -0.4 is 4.72 Å². The quantitative estimate of drug-likeness (QED) is 0.716. The van der Waals surface area contributed by atoms with Crippen molar-refractivity contribution >= 4 is 27.5 Å². The number of aromatic nitrogens is 1. The normalized spacial score (nSPS) is 11.9. The van der Waals surface area contributed by atoms with Gasteiger partial charge in [0.25, 0.3) is 10.2 Å². The number of carboxylic acids is 1. The molecule has 0 amide bonds. The average molecular weight is 307 g/mol. The van der Waals surface area contributed by atoms with Gasteiger partial charge in [0.15, 0.2) is 0 Å². The number of rotatable bonds is 8. The molecule has 0 saturated carbocycles. The predicted octanol–water partition coefficient (Wildman–Crippen LogP) is 0.235. The van der Waals surface area contributed by atoms with E-state index in [0.717, 1.165) is 15.0 Å². The number of aliphatic carboxylic acids is 1. The minimum absolute atomic E-state index is 0.0551. The second kappa shape index (κ2) is 6.94. The molecule has 0 fully saturated rings. The summed E-state index contributed by atoms with van der Waals surface area (Å²) in [6.07, 6.45) is 0.291. The minimum Gasteiger partial charge on any atom is -0.481 e. The summed E-state index contributed by atoms with van der Waals surface area (Å²) in [4.78, 5) is 14.6. The average Bonchev–Trinajstić information content (AvgIpc) is 2.71. The predicted molar refractivity (Wildman–Crippen MR) is 72.4 cm³/mol. The molecule has 0 aliphatic heterocycles. The Kier molecular flexibility index (Phi) is 5.85. The summed E-state index contributed by atoms with van der Waals surface area (Å²) in [5.74, 6) is -1.03. The van der Waals surface area contributed by atoms with Crippen LogP contribution in [0.1, 0.15) is 17.1 Å². The monoisotopic (exact) mass is 307 g/mol. The molecule has 0 aliphatic rings. The van der Waals surface area contributed by atoms with Gasteiger partial charge in [-0.3, -0.25) is 4.79 Å². The first-order chi connectivity index (χ1) is 8.81. The van der Waals surface area contributed by atoms with Crippen LogP contribution in [0.4, 0.5) is 0 Å². The molecule has 0 unspecified atom stereocenters. The van der Waals surface area contributed by atoms with Crippen molar-refractivity contribution in [3.05, 3.63) is 16.1 Å². The summed E-state index contributed by atoms with van der Waals surface area (Å²) in [5.41, 5.74) is 0.846. The number of hydrogen-bond donors (Lipinski definition) is 2. The van der Waals surface area contributed by atoms with Gasteiger partial charge in [-0.25, -0.2) is 9.71 Å². The fraction of sp³-hybridized carbons (Fsp3) is 0.600. The minimum atomic E-state index is -3.62. The van der Waals surface area contributed by atoms with Crippen LogP contribution in [0.2, 0.25) is 0 Å². The maximum absolute atomic E-state index is 11.7. The molecule has 0 saturated heterocycles. The molecule has 19 heavy (non-hydrogen) atoms. The van der Waals surface area contributed by atoms with Crippen molar-refractivity contribution in [3.8, 4) is 0 Å². The number of hydrogen-bond acceptors (Lipinski definition) is 5. The number of nitrogens with zero attached hydrogens (tertiary/aromatic N) is 2. The van der Waals surface area contributed by atoms with Gasteiger partial charge in [-0.1, -0.05) is 0 Å². The van der Waals surface area contributed by atoms with E-state index >= 15 is 0 Å². The van der Waals surface area contributed by atoms with E-state index in [9.17, 15) is 13.2 Å². The highest BCUT2D eigenvalue weighted by atomic mass is 32.2. The third-order valence-electron chi connectivity index (χ3n) is 2.38.